The summed E-state index contributed by atoms with van der Waals surface area (Å²) in [5.74, 6) is 0.505. The Hall–Kier alpha value is -0.900. The van der Waals surface area contributed by atoms with Gasteiger partial charge in [0, 0.05) is 5.25 Å². The lowest BCUT2D eigenvalue weighted by Gasteiger charge is -2.07. The number of nitrogen functional groups attached to an aromatic ring is 1. The maximum Gasteiger partial charge on any atom is 0.237 e. The van der Waals surface area contributed by atoms with Gasteiger partial charge < -0.3 is 10.5 Å². The molecule has 0 saturated carbocycles. The van der Waals surface area contributed by atoms with Crippen LogP contribution in [-0.4, -0.2) is 17.3 Å². The largest absolute Gasteiger partial charge is 0.480 e. The molecule has 0 unspecified atom stereocenters. The minimum absolute atomic E-state index is 0.505. The van der Waals surface area contributed by atoms with E-state index in [0.717, 1.165) is 5.03 Å². The summed E-state index contributed by atoms with van der Waals surface area (Å²) in [6.07, 6.45) is 0. The van der Waals surface area contributed by atoms with E-state index in [2.05, 4.69) is 18.8 Å². The molecule has 1 heterocycles. The third-order valence-electron chi connectivity index (χ3n) is 1.41. The number of pyridine rings is 1. The first-order valence-electron chi connectivity index (χ1n) is 4.10. The van der Waals surface area contributed by atoms with Gasteiger partial charge in [-0.3, -0.25) is 0 Å². The van der Waals surface area contributed by atoms with Gasteiger partial charge in [-0.25, -0.2) is 4.98 Å². The molecular formula is C9H14N2OS. The van der Waals surface area contributed by atoms with Crippen molar-refractivity contribution >= 4 is 17.4 Å². The maximum atomic E-state index is 5.63. The van der Waals surface area contributed by atoms with Crippen LogP contribution in [0, 0.1) is 0 Å². The lowest BCUT2D eigenvalue weighted by molar-refractivity contribution is 0.397. The van der Waals surface area contributed by atoms with E-state index in [1.54, 1.807) is 18.9 Å². The first kappa shape index (κ1) is 10.2. The van der Waals surface area contributed by atoms with E-state index in [4.69, 9.17) is 10.5 Å². The fourth-order valence-corrected chi connectivity index (χ4v) is 1.67. The Labute approximate surface area is 82.7 Å². The molecule has 0 saturated heterocycles. The second kappa shape index (κ2) is 4.37. The van der Waals surface area contributed by atoms with Crippen LogP contribution in [0.3, 0.4) is 0 Å². The highest BCUT2D eigenvalue weighted by Gasteiger charge is 2.04. The van der Waals surface area contributed by atoms with Crippen molar-refractivity contribution < 1.29 is 4.74 Å². The van der Waals surface area contributed by atoms with Gasteiger partial charge in [0.2, 0.25) is 5.88 Å². The molecule has 3 nitrogen and oxygen atoms in total. The molecule has 0 amide bonds. The molecule has 2 N–H and O–H groups in total. The van der Waals surface area contributed by atoms with E-state index >= 15 is 0 Å². The Kier molecular flexibility index (Phi) is 3.42. The first-order chi connectivity index (χ1) is 6.13. The van der Waals surface area contributed by atoms with Gasteiger partial charge in [-0.1, -0.05) is 13.8 Å². The first-order valence-corrected chi connectivity index (χ1v) is 4.98. The van der Waals surface area contributed by atoms with Crippen molar-refractivity contribution in [3.05, 3.63) is 12.1 Å². The van der Waals surface area contributed by atoms with Crippen LogP contribution in [0.4, 0.5) is 5.69 Å². The zero-order chi connectivity index (χ0) is 9.84. The molecule has 1 aromatic rings. The van der Waals surface area contributed by atoms with Gasteiger partial charge in [-0.15, -0.1) is 11.8 Å². The molecule has 0 aromatic carbocycles. The van der Waals surface area contributed by atoms with Crippen molar-refractivity contribution in [2.24, 2.45) is 0 Å². The second-order valence-corrected chi connectivity index (χ2v) is 4.51. The summed E-state index contributed by atoms with van der Waals surface area (Å²) in [5.41, 5.74) is 6.21. The van der Waals surface area contributed by atoms with E-state index in [1.165, 1.54) is 0 Å². The van der Waals surface area contributed by atoms with Crippen LogP contribution in [0.2, 0.25) is 0 Å². The van der Waals surface area contributed by atoms with Crippen molar-refractivity contribution in [3.63, 3.8) is 0 Å². The molecule has 0 spiro atoms. The zero-order valence-electron chi connectivity index (χ0n) is 8.07. The number of methoxy groups -OCH3 is 1. The zero-order valence-corrected chi connectivity index (χ0v) is 8.89. The summed E-state index contributed by atoms with van der Waals surface area (Å²) < 4.78 is 5.02. The molecule has 4 heteroatoms. The number of thioether (sulfide) groups is 1. The minimum Gasteiger partial charge on any atom is -0.480 e. The number of aromatic nitrogens is 1. The van der Waals surface area contributed by atoms with Gasteiger partial charge in [0.15, 0.2) is 0 Å². The Morgan fingerprint density at radius 2 is 2.15 bits per heavy atom. The van der Waals surface area contributed by atoms with E-state index in [0.29, 0.717) is 16.8 Å². The van der Waals surface area contributed by atoms with E-state index < -0.39 is 0 Å². The fourth-order valence-electron chi connectivity index (χ4n) is 0.905. The van der Waals surface area contributed by atoms with Gasteiger partial charge in [0.05, 0.1) is 12.8 Å². The Morgan fingerprint density at radius 3 is 2.69 bits per heavy atom. The van der Waals surface area contributed by atoms with Gasteiger partial charge in [0.1, 0.15) is 5.03 Å². The molecule has 1 rings (SSSR count). The Morgan fingerprint density at radius 1 is 1.46 bits per heavy atom. The summed E-state index contributed by atoms with van der Waals surface area (Å²) in [7, 11) is 1.57. The number of hydrogen-bond acceptors (Lipinski definition) is 4. The normalized spacial score (nSPS) is 10.5. The standard InChI is InChI=1S/C9H14N2OS/c1-6(2)13-8-5-4-7(10)9(11-8)12-3/h4-6H,10H2,1-3H3. The fraction of sp³-hybridized carbons (Fsp3) is 0.444. The maximum absolute atomic E-state index is 5.63. The number of ether oxygens (including phenoxy) is 1. The van der Waals surface area contributed by atoms with E-state index in [-0.39, 0.29) is 0 Å². The van der Waals surface area contributed by atoms with Gasteiger partial charge in [0.25, 0.3) is 0 Å². The number of nitrogens with zero attached hydrogens (tertiary/aromatic N) is 1. The molecule has 0 bridgehead atoms. The molecule has 0 aliphatic rings. The molecule has 0 aliphatic carbocycles. The average Bonchev–Trinajstić information content (AvgIpc) is 2.07. The van der Waals surface area contributed by atoms with Crippen molar-refractivity contribution in [2.75, 3.05) is 12.8 Å². The minimum atomic E-state index is 0.505. The summed E-state index contributed by atoms with van der Waals surface area (Å²) in [4.78, 5) is 4.25. The molecule has 0 aliphatic heterocycles. The van der Waals surface area contributed by atoms with Crippen LogP contribution in [-0.2, 0) is 0 Å². The lowest BCUT2D eigenvalue weighted by atomic mass is 10.4. The smallest absolute Gasteiger partial charge is 0.237 e. The van der Waals surface area contributed by atoms with Crippen LogP contribution < -0.4 is 10.5 Å². The van der Waals surface area contributed by atoms with Crippen molar-refractivity contribution in [2.45, 2.75) is 24.1 Å². The van der Waals surface area contributed by atoms with Gasteiger partial charge >= 0.3 is 0 Å². The SMILES string of the molecule is COc1nc(SC(C)C)ccc1N. The van der Waals surface area contributed by atoms with Crippen LogP contribution in [0.1, 0.15) is 13.8 Å². The summed E-state index contributed by atoms with van der Waals surface area (Å²) in [6, 6.07) is 3.72. The van der Waals surface area contributed by atoms with Crippen LogP contribution in [0.25, 0.3) is 0 Å². The van der Waals surface area contributed by atoms with Gasteiger partial charge in [-0.05, 0) is 12.1 Å². The van der Waals surface area contributed by atoms with Gasteiger partial charge in [-0.2, -0.15) is 0 Å². The third kappa shape index (κ3) is 2.81. The number of anilines is 1. The molecular weight excluding hydrogens is 184 g/mol. The van der Waals surface area contributed by atoms with Crippen molar-refractivity contribution in [1.29, 1.82) is 0 Å². The Balaban J connectivity index is 2.86. The van der Waals surface area contributed by atoms with Crippen LogP contribution in [0.5, 0.6) is 5.88 Å². The van der Waals surface area contributed by atoms with E-state index in [9.17, 15) is 0 Å². The monoisotopic (exact) mass is 198 g/mol. The third-order valence-corrected chi connectivity index (χ3v) is 2.35. The molecule has 0 atom stereocenters. The summed E-state index contributed by atoms with van der Waals surface area (Å²) in [6.45, 7) is 4.24. The number of rotatable bonds is 3. The molecule has 0 fully saturated rings. The van der Waals surface area contributed by atoms with Crippen molar-refractivity contribution in [1.82, 2.24) is 4.98 Å². The lowest BCUT2D eigenvalue weighted by Crippen LogP contribution is -1.97. The number of nitrogens with two attached hydrogens (primary N) is 1. The quantitative estimate of drug-likeness (QED) is 0.756. The summed E-state index contributed by atoms with van der Waals surface area (Å²) >= 11 is 1.69. The summed E-state index contributed by atoms with van der Waals surface area (Å²) in [5, 5.41) is 1.46. The van der Waals surface area contributed by atoms with E-state index in [1.807, 2.05) is 12.1 Å². The highest BCUT2D eigenvalue weighted by atomic mass is 32.2. The molecule has 1 aromatic heterocycles. The van der Waals surface area contributed by atoms with Crippen molar-refractivity contribution in [3.8, 4) is 5.88 Å². The predicted octanol–water partition coefficient (Wildman–Crippen LogP) is 2.17. The molecule has 13 heavy (non-hydrogen) atoms. The Bertz CT molecular complexity index is 289. The highest BCUT2D eigenvalue weighted by Crippen LogP contribution is 2.26. The topological polar surface area (TPSA) is 48.1 Å². The average molecular weight is 198 g/mol. The van der Waals surface area contributed by atoms with Crippen LogP contribution >= 0.6 is 11.8 Å². The number of hydrogen-bond donors (Lipinski definition) is 1. The van der Waals surface area contributed by atoms with Crippen LogP contribution in [0.15, 0.2) is 17.2 Å². The molecule has 0 radical (unpaired) electrons. The predicted molar refractivity (Wildman–Crippen MR) is 56.2 cm³/mol. The molecule has 72 valence electrons. The second-order valence-electron chi connectivity index (χ2n) is 2.91. The highest BCUT2D eigenvalue weighted by molar-refractivity contribution is 7.99.